The number of nitrogens with one attached hydrogen (secondary N) is 1. The maximum Gasteiger partial charge on any atom is 0.241 e. The minimum atomic E-state index is -3.80. The summed E-state index contributed by atoms with van der Waals surface area (Å²) < 4.78 is 40.7. The quantitative estimate of drug-likeness (QED) is 0.760. The van der Waals surface area contributed by atoms with Crippen molar-refractivity contribution in [3.63, 3.8) is 0 Å². The van der Waals surface area contributed by atoms with E-state index in [1.807, 2.05) is 32.9 Å². The maximum atomic E-state index is 13.3. The van der Waals surface area contributed by atoms with Gasteiger partial charge in [-0.1, -0.05) is 0 Å². The standard InChI is InChI=1S/C23H28N2O5S/c1-15-12-17(8-9-20(15)25-11-5-6-22(25)26)31(27,28)24-19-14-23(2,3)30-21-10-7-16(29-4)13-18(19)21/h7-10,12-13,19,24H,5-6,11,14H2,1-4H3. The number of aryl methyl sites for hydroxylation is 1. The number of methoxy groups -OCH3 is 1. The van der Waals surface area contributed by atoms with Crippen LogP contribution in [0.4, 0.5) is 5.69 Å². The molecule has 166 valence electrons. The third-order valence-electron chi connectivity index (χ3n) is 5.81. The highest BCUT2D eigenvalue weighted by molar-refractivity contribution is 7.89. The minimum absolute atomic E-state index is 0.0758. The number of carbonyl (C=O) groups excluding carboxylic acids is 1. The average Bonchev–Trinajstić information content (AvgIpc) is 3.12. The SMILES string of the molecule is COc1ccc2c(c1)C(NS(=O)(=O)c1ccc(N3CCCC3=O)c(C)c1)CC(C)(C)O2. The Kier molecular flexibility index (Phi) is 5.47. The molecule has 0 aliphatic carbocycles. The molecular formula is C23H28N2O5S. The number of sulfonamides is 1. The fourth-order valence-corrected chi connectivity index (χ4v) is 5.62. The lowest BCUT2D eigenvalue weighted by molar-refractivity contribution is -0.117. The van der Waals surface area contributed by atoms with Crippen molar-refractivity contribution in [1.82, 2.24) is 4.72 Å². The van der Waals surface area contributed by atoms with Gasteiger partial charge in [-0.25, -0.2) is 13.1 Å². The molecule has 0 radical (unpaired) electrons. The van der Waals surface area contributed by atoms with Crippen molar-refractivity contribution < 1.29 is 22.7 Å². The van der Waals surface area contributed by atoms with Gasteiger partial charge in [0.1, 0.15) is 17.1 Å². The van der Waals surface area contributed by atoms with E-state index in [4.69, 9.17) is 9.47 Å². The molecule has 2 aromatic rings. The summed E-state index contributed by atoms with van der Waals surface area (Å²) in [4.78, 5) is 14.0. The van der Waals surface area contributed by atoms with E-state index in [-0.39, 0.29) is 10.8 Å². The molecule has 4 rings (SSSR count). The first kappa shape index (κ1) is 21.6. The Morgan fingerprint density at radius 3 is 2.61 bits per heavy atom. The predicted octanol–water partition coefficient (Wildman–Crippen LogP) is 3.71. The highest BCUT2D eigenvalue weighted by Crippen LogP contribution is 2.42. The lowest BCUT2D eigenvalue weighted by atomic mass is 9.90. The van der Waals surface area contributed by atoms with Gasteiger partial charge in [0.2, 0.25) is 15.9 Å². The lowest BCUT2D eigenvalue weighted by Gasteiger charge is -2.37. The zero-order valence-electron chi connectivity index (χ0n) is 18.3. The van der Waals surface area contributed by atoms with Crippen molar-refractivity contribution in [2.75, 3.05) is 18.6 Å². The first-order valence-electron chi connectivity index (χ1n) is 10.4. The lowest BCUT2D eigenvalue weighted by Crippen LogP contribution is -2.41. The van der Waals surface area contributed by atoms with Gasteiger partial charge in [-0.2, -0.15) is 0 Å². The number of ether oxygens (including phenoxy) is 2. The number of carbonyl (C=O) groups is 1. The van der Waals surface area contributed by atoms with Crippen LogP contribution < -0.4 is 19.1 Å². The van der Waals surface area contributed by atoms with Crippen LogP contribution in [0.3, 0.4) is 0 Å². The van der Waals surface area contributed by atoms with Gasteiger partial charge in [0.15, 0.2) is 0 Å². The molecule has 1 unspecified atom stereocenters. The van der Waals surface area contributed by atoms with Crippen LogP contribution >= 0.6 is 0 Å². The van der Waals surface area contributed by atoms with Gasteiger partial charge >= 0.3 is 0 Å². The molecule has 0 spiro atoms. The molecular weight excluding hydrogens is 416 g/mol. The fourth-order valence-electron chi connectivity index (χ4n) is 4.32. The van der Waals surface area contributed by atoms with Crippen molar-refractivity contribution in [1.29, 1.82) is 0 Å². The van der Waals surface area contributed by atoms with Crippen LogP contribution in [-0.2, 0) is 14.8 Å². The highest BCUT2D eigenvalue weighted by atomic mass is 32.2. The molecule has 2 aromatic carbocycles. The molecule has 2 aliphatic rings. The second kappa shape index (κ2) is 7.84. The summed E-state index contributed by atoms with van der Waals surface area (Å²) in [6, 6.07) is 9.87. The second-order valence-electron chi connectivity index (χ2n) is 8.74. The van der Waals surface area contributed by atoms with Crippen LogP contribution in [0, 0.1) is 6.92 Å². The van der Waals surface area contributed by atoms with Crippen molar-refractivity contribution in [2.24, 2.45) is 0 Å². The molecule has 2 heterocycles. The van der Waals surface area contributed by atoms with E-state index in [1.165, 1.54) is 0 Å². The van der Waals surface area contributed by atoms with Gasteiger partial charge in [-0.3, -0.25) is 4.79 Å². The van der Waals surface area contributed by atoms with Crippen molar-refractivity contribution in [3.8, 4) is 11.5 Å². The van der Waals surface area contributed by atoms with Crippen LogP contribution in [0.5, 0.6) is 11.5 Å². The van der Waals surface area contributed by atoms with Crippen LogP contribution in [0.2, 0.25) is 0 Å². The Hall–Kier alpha value is -2.58. The number of benzene rings is 2. The summed E-state index contributed by atoms with van der Waals surface area (Å²) >= 11 is 0. The number of anilines is 1. The Bertz CT molecular complexity index is 1130. The fraction of sp³-hybridized carbons (Fsp3) is 0.435. The normalized spacial score (nSPS) is 20.3. The molecule has 0 bridgehead atoms. The summed E-state index contributed by atoms with van der Waals surface area (Å²) in [6.07, 6.45) is 1.83. The van der Waals surface area contributed by atoms with Crippen LogP contribution in [0.1, 0.15) is 50.3 Å². The largest absolute Gasteiger partial charge is 0.497 e. The first-order chi connectivity index (χ1) is 14.6. The smallest absolute Gasteiger partial charge is 0.241 e. The summed E-state index contributed by atoms with van der Waals surface area (Å²) in [7, 11) is -2.23. The topological polar surface area (TPSA) is 84.9 Å². The molecule has 8 heteroatoms. The van der Waals surface area contributed by atoms with E-state index in [0.29, 0.717) is 30.9 Å². The van der Waals surface area contributed by atoms with Crippen LogP contribution in [0.25, 0.3) is 0 Å². The molecule has 1 saturated heterocycles. The summed E-state index contributed by atoms with van der Waals surface area (Å²) in [5.41, 5.74) is 1.75. The monoisotopic (exact) mass is 444 g/mol. The van der Waals surface area contributed by atoms with Crippen molar-refractivity contribution in [2.45, 2.75) is 56.6 Å². The van der Waals surface area contributed by atoms with Crippen LogP contribution in [-0.4, -0.2) is 33.6 Å². The molecule has 0 aromatic heterocycles. The summed E-state index contributed by atoms with van der Waals surface area (Å²) in [6.45, 7) is 6.37. The van der Waals surface area contributed by atoms with Gasteiger partial charge < -0.3 is 14.4 Å². The zero-order chi connectivity index (χ0) is 22.4. The predicted molar refractivity (Wildman–Crippen MR) is 118 cm³/mol. The number of rotatable bonds is 5. The van der Waals surface area contributed by atoms with Gasteiger partial charge in [0, 0.05) is 30.6 Å². The van der Waals surface area contributed by atoms with Crippen molar-refractivity contribution in [3.05, 3.63) is 47.5 Å². The maximum absolute atomic E-state index is 13.3. The summed E-state index contributed by atoms with van der Waals surface area (Å²) in [5.74, 6) is 1.36. The van der Waals surface area contributed by atoms with Gasteiger partial charge in [0.25, 0.3) is 0 Å². The molecule has 0 saturated carbocycles. The number of nitrogens with zero attached hydrogens (tertiary/aromatic N) is 1. The number of amides is 1. The molecule has 1 fully saturated rings. The average molecular weight is 445 g/mol. The van der Waals surface area contributed by atoms with E-state index in [1.54, 1.807) is 36.3 Å². The van der Waals surface area contributed by atoms with Gasteiger partial charge in [0.05, 0.1) is 18.0 Å². The van der Waals surface area contributed by atoms with Crippen LogP contribution in [0.15, 0.2) is 41.3 Å². The molecule has 2 aliphatic heterocycles. The molecule has 1 N–H and O–H groups in total. The second-order valence-corrected chi connectivity index (χ2v) is 10.5. The highest BCUT2D eigenvalue weighted by Gasteiger charge is 2.36. The van der Waals surface area contributed by atoms with E-state index in [2.05, 4.69) is 4.72 Å². The Balaban J connectivity index is 1.64. The van der Waals surface area contributed by atoms with Gasteiger partial charge in [-0.05, 0) is 69.2 Å². The molecule has 7 nitrogen and oxygen atoms in total. The number of hydrogen-bond donors (Lipinski definition) is 1. The van der Waals surface area contributed by atoms with E-state index >= 15 is 0 Å². The van der Waals surface area contributed by atoms with Gasteiger partial charge in [-0.15, -0.1) is 0 Å². The van der Waals surface area contributed by atoms with Crippen molar-refractivity contribution >= 4 is 21.6 Å². The first-order valence-corrected chi connectivity index (χ1v) is 11.9. The van der Waals surface area contributed by atoms with E-state index in [9.17, 15) is 13.2 Å². The zero-order valence-corrected chi connectivity index (χ0v) is 19.1. The third-order valence-corrected chi connectivity index (χ3v) is 7.28. The molecule has 31 heavy (non-hydrogen) atoms. The number of hydrogen-bond acceptors (Lipinski definition) is 5. The third kappa shape index (κ3) is 4.27. The summed E-state index contributed by atoms with van der Waals surface area (Å²) in [5, 5.41) is 0. The molecule has 1 amide bonds. The Morgan fingerprint density at radius 1 is 1.19 bits per heavy atom. The molecule has 1 atom stereocenters. The van der Waals surface area contributed by atoms with E-state index in [0.717, 1.165) is 23.2 Å². The van der Waals surface area contributed by atoms with E-state index < -0.39 is 21.7 Å². The minimum Gasteiger partial charge on any atom is -0.497 e. The Morgan fingerprint density at radius 2 is 1.97 bits per heavy atom. The number of fused-ring (bicyclic) bond motifs is 1. The Labute approximate surface area is 183 Å².